The molecule has 1 aliphatic rings. The molecule has 2 heterocycles. The third-order valence-corrected chi connectivity index (χ3v) is 4.32. The van der Waals surface area contributed by atoms with Crippen molar-refractivity contribution in [3.8, 4) is 5.88 Å². The first kappa shape index (κ1) is 15.2. The molecule has 20 heavy (non-hydrogen) atoms. The van der Waals surface area contributed by atoms with Crippen LogP contribution in [0.3, 0.4) is 0 Å². The fourth-order valence-corrected chi connectivity index (χ4v) is 3.17. The monoisotopic (exact) mass is 278 g/mol. The Bertz CT molecular complexity index is 430. The number of methoxy groups -OCH3 is 1. The third-order valence-electron chi connectivity index (χ3n) is 4.32. The second kappa shape index (κ2) is 6.50. The van der Waals surface area contributed by atoms with Gasteiger partial charge in [0.2, 0.25) is 5.88 Å². The number of nitrogens with zero attached hydrogens (tertiary/aromatic N) is 3. The van der Waals surface area contributed by atoms with Crippen LogP contribution in [-0.2, 0) is 0 Å². The molecule has 1 aliphatic heterocycles. The lowest BCUT2D eigenvalue weighted by Crippen LogP contribution is -2.54. The van der Waals surface area contributed by atoms with E-state index in [2.05, 4.69) is 34.0 Å². The van der Waals surface area contributed by atoms with Gasteiger partial charge in [-0.3, -0.25) is 9.88 Å². The summed E-state index contributed by atoms with van der Waals surface area (Å²) in [5, 5.41) is 3.41. The number of hydrogen-bond acceptors (Lipinski definition) is 5. The highest BCUT2D eigenvalue weighted by atomic mass is 16.5. The van der Waals surface area contributed by atoms with Crippen LogP contribution >= 0.6 is 0 Å². The van der Waals surface area contributed by atoms with Crippen molar-refractivity contribution in [3.63, 3.8) is 0 Å². The molecule has 1 saturated heterocycles. The molecule has 5 nitrogen and oxygen atoms in total. The maximum Gasteiger partial charge on any atom is 0.237 e. The molecule has 1 unspecified atom stereocenters. The summed E-state index contributed by atoms with van der Waals surface area (Å²) in [6, 6.07) is 0.0873. The maximum absolute atomic E-state index is 5.38. The van der Waals surface area contributed by atoms with Crippen molar-refractivity contribution >= 4 is 0 Å². The fourth-order valence-electron chi connectivity index (χ4n) is 3.17. The molecule has 0 bridgehead atoms. The molecule has 5 heteroatoms. The fraction of sp³-hybridized carbons (Fsp3) is 0.733. The molecule has 1 aromatic heterocycles. The number of ether oxygens (including phenoxy) is 1. The van der Waals surface area contributed by atoms with Crippen molar-refractivity contribution in [2.45, 2.75) is 44.7 Å². The van der Waals surface area contributed by atoms with Gasteiger partial charge in [-0.1, -0.05) is 6.42 Å². The summed E-state index contributed by atoms with van der Waals surface area (Å²) >= 11 is 0. The van der Waals surface area contributed by atoms with Crippen molar-refractivity contribution in [1.82, 2.24) is 20.2 Å². The highest BCUT2D eigenvalue weighted by molar-refractivity contribution is 5.24. The SMILES string of the molecule is CNC(c1nccnc1OC)C(C)(C)N1CCCCC1. The minimum absolute atomic E-state index is 0.0293. The molecule has 1 fully saturated rings. The van der Waals surface area contributed by atoms with E-state index in [9.17, 15) is 0 Å². The molecular weight excluding hydrogens is 252 g/mol. The van der Waals surface area contributed by atoms with Crippen molar-refractivity contribution in [1.29, 1.82) is 0 Å². The lowest BCUT2D eigenvalue weighted by atomic mass is 9.88. The van der Waals surface area contributed by atoms with Crippen LogP contribution in [0.5, 0.6) is 5.88 Å². The Labute approximate surface area is 121 Å². The predicted molar refractivity (Wildman–Crippen MR) is 79.9 cm³/mol. The quantitative estimate of drug-likeness (QED) is 0.893. The number of nitrogens with one attached hydrogen (secondary N) is 1. The smallest absolute Gasteiger partial charge is 0.237 e. The highest BCUT2D eigenvalue weighted by Crippen LogP contribution is 2.34. The molecule has 0 spiro atoms. The third kappa shape index (κ3) is 2.94. The summed E-state index contributed by atoms with van der Waals surface area (Å²) in [5.74, 6) is 0.608. The Morgan fingerprint density at radius 3 is 2.45 bits per heavy atom. The summed E-state index contributed by atoms with van der Waals surface area (Å²) in [7, 11) is 3.62. The van der Waals surface area contributed by atoms with Gasteiger partial charge >= 0.3 is 0 Å². The highest BCUT2D eigenvalue weighted by Gasteiger charge is 2.38. The molecule has 0 aromatic carbocycles. The van der Waals surface area contributed by atoms with E-state index in [0.717, 1.165) is 18.8 Å². The minimum Gasteiger partial charge on any atom is -0.480 e. The largest absolute Gasteiger partial charge is 0.480 e. The summed E-state index contributed by atoms with van der Waals surface area (Å²) in [5.41, 5.74) is 0.853. The first-order valence-electron chi connectivity index (χ1n) is 7.38. The van der Waals surface area contributed by atoms with E-state index in [1.165, 1.54) is 19.3 Å². The van der Waals surface area contributed by atoms with Crippen LogP contribution in [0.2, 0.25) is 0 Å². The zero-order chi connectivity index (χ0) is 14.6. The average Bonchev–Trinajstić information content (AvgIpc) is 2.49. The lowest BCUT2D eigenvalue weighted by Gasteiger charge is -2.45. The van der Waals surface area contributed by atoms with Gasteiger partial charge in [0.05, 0.1) is 13.2 Å². The van der Waals surface area contributed by atoms with Crippen molar-refractivity contribution < 1.29 is 4.74 Å². The van der Waals surface area contributed by atoms with E-state index in [4.69, 9.17) is 4.74 Å². The lowest BCUT2D eigenvalue weighted by molar-refractivity contribution is 0.0608. The standard InChI is InChI=1S/C15H26N4O/c1-15(2,19-10-6-5-7-11-19)13(16-3)12-14(20-4)18-9-8-17-12/h8-9,13,16H,5-7,10-11H2,1-4H3. The predicted octanol–water partition coefficient (Wildman–Crippen LogP) is 2.01. The van der Waals surface area contributed by atoms with Gasteiger partial charge in [0.25, 0.3) is 0 Å². The molecule has 2 rings (SSSR count). The second-order valence-corrected chi connectivity index (χ2v) is 5.87. The Morgan fingerprint density at radius 2 is 1.85 bits per heavy atom. The molecule has 0 saturated carbocycles. The van der Waals surface area contributed by atoms with E-state index in [-0.39, 0.29) is 11.6 Å². The van der Waals surface area contributed by atoms with Gasteiger partial charge in [-0.25, -0.2) is 4.98 Å². The van der Waals surface area contributed by atoms with Gasteiger partial charge in [-0.15, -0.1) is 0 Å². The van der Waals surface area contributed by atoms with Crippen molar-refractivity contribution in [2.24, 2.45) is 0 Å². The Morgan fingerprint density at radius 1 is 1.20 bits per heavy atom. The van der Waals surface area contributed by atoms with Gasteiger partial charge in [-0.2, -0.15) is 0 Å². The van der Waals surface area contributed by atoms with Crippen LogP contribution in [0.15, 0.2) is 12.4 Å². The van der Waals surface area contributed by atoms with Crippen LogP contribution in [0.4, 0.5) is 0 Å². The van der Waals surface area contributed by atoms with Crippen LogP contribution in [0.1, 0.15) is 44.8 Å². The number of piperidine rings is 1. The first-order chi connectivity index (χ1) is 9.61. The Balaban J connectivity index is 2.30. The van der Waals surface area contributed by atoms with Crippen LogP contribution < -0.4 is 10.1 Å². The molecule has 1 aromatic rings. The summed E-state index contributed by atoms with van der Waals surface area (Å²) in [4.78, 5) is 11.3. The van der Waals surface area contributed by atoms with E-state index < -0.39 is 0 Å². The van der Waals surface area contributed by atoms with E-state index in [1.807, 2.05) is 7.05 Å². The van der Waals surface area contributed by atoms with Gasteiger partial charge in [0.1, 0.15) is 5.69 Å². The van der Waals surface area contributed by atoms with Crippen molar-refractivity contribution in [3.05, 3.63) is 18.1 Å². The van der Waals surface area contributed by atoms with Gasteiger partial charge < -0.3 is 10.1 Å². The summed E-state index contributed by atoms with van der Waals surface area (Å²) < 4.78 is 5.38. The molecule has 0 aliphatic carbocycles. The second-order valence-electron chi connectivity index (χ2n) is 5.87. The molecule has 0 amide bonds. The number of aromatic nitrogens is 2. The van der Waals surface area contributed by atoms with Gasteiger partial charge in [0, 0.05) is 17.9 Å². The Kier molecular flexibility index (Phi) is 4.94. The topological polar surface area (TPSA) is 50.3 Å². The van der Waals surface area contributed by atoms with Crippen LogP contribution in [0, 0.1) is 0 Å². The van der Waals surface area contributed by atoms with Gasteiger partial charge in [0.15, 0.2) is 0 Å². The number of likely N-dealkylation sites (N-methyl/N-ethyl adjacent to an activating group) is 1. The van der Waals surface area contributed by atoms with Crippen LogP contribution in [-0.4, -0.2) is 47.7 Å². The van der Waals surface area contributed by atoms with E-state index in [1.54, 1.807) is 19.5 Å². The molecule has 0 radical (unpaired) electrons. The molecule has 1 N–H and O–H groups in total. The van der Waals surface area contributed by atoms with Crippen molar-refractivity contribution in [2.75, 3.05) is 27.2 Å². The molecular formula is C15H26N4O. The zero-order valence-electron chi connectivity index (χ0n) is 13.0. The number of rotatable bonds is 5. The summed E-state index contributed by atoms with van der Waals surface area (Å²) in [6.07, 6.45) is 7.29. The Hall–Kier alpha value is -1.20. The van der Waals surface area contributed by atoms with E-state index in [0.29, 0.717) is 5.88 Å². The average molecular weight is 278 g/mol. The van der Waals surface area contributed by atoms with Gasteiger partial charge in [-0.05, 0) is 46.8 Å². The first-order valence-corrected chi connectivity index (χ1v) is 7.38. The van der Waals surface area contributed by atoms with E-state index >= 15 is 0 Å². The zero-order valence-corrected chi connectivity index (χ0v) is 13.0. The normalized spacial score (nSPS) is 18.8. The molecule has 1 atom stereocenters. The number of likely N-dealkylation sites (tertiary alicyclic amines) is 1. The minimum atomic E-state index is -0.0293. The maximum atomic E-state index is 5.38. The summed E-state index contributed by atoms with van der Waals surface area (Å²) in [6.45, 7) is 6.84. The molecule has 112 valence electrons. The number of hydrogen-bond donors (Lipinski definition) is 1. The van der Waals surface area contributed by atoms with Crippen LogP contribution in [0.25, 0.3) is 0 Å².